The molecule has 0 radical (unpaired) electrons. The van der Waals surface area contributed by atoms with Crippen molar-refractivity contribution in [3.05, 3.63) is 93.6 Å². The van der Waals surface area contributed by atoms with Gasteiger partial charge in [-0.05, 0) is 66.6 Å². The van der Waals surface area contributed by atoms with Crippen LogP contribution in [0.1, 0.15) is 5.56 Å². The minimum atomic E-state index is -0.329. The summed E-state index contributed by atoms with van der Waals surface area (Å²) < 4.78 is 13.5. The molecule has 4 nitrogen and oxygen atoms in total. The zero-order valence-corrected chi connectivity index (χ0v) is 16.7. The summed E-state index contributed by atoms with van der Waals surface area (Å²) in [6.45, 7) is 1.99. The van der Waals surface area contributed by atoms with Crippen LogP contribution in [-0.4, -0.2) is 15.0 Å². The summed E-state index contributed by atoms with van der Waals surface area (Å²) in [7, 11) is 0. The average molecular weight is 416 g/mol. The van der Waals surface area contributed by atoms with Crippen molar-refractivity contribution < 1.29 is 4.39 Å². The second kappa shape index (κ2) is 7.04. The second-order valence-electron chi connectivity index (χ2n) is 7.11. The molecule has 5 rings (SSSR count). The van der Waals surface area contributed by atoms with Crippen molar-refractivity contribution in [1.29, 1.82) is 0 Å². The Morgan fingerprint density at radius 2 is 1.77 bits per heavy atom. The van der Waals surface area contributed by atoms with E-state index in [2.05, 4.69) is 9.97 Å². The van der Waals surface area contributed by atoms with Crippen LogP contribution in [0.5, 0.6) is 0 Å². The van der Waals surface area contributed by atoms with Gasteiger partial charge in [-0.15, -0.1) is 0 Å². The Labute approximate surface area is 176 Å². The van der Waals surface area contributed by atoms with Crippen molar-refractivity contribution >= 4 is 33.5 Å². The molecule has 1 N–H and O–H groups in total. The molecule has 0 atom stereocenters. The van der Waals surface area contributed by atoms with E-state index < -0.39 is 0 Å². The van der Waals surface area contributed by atoms with E-state index in [4.69, 9.17) is 16.6 Å². The van der Waals surface area contributed by atoms with Crippen LogP contribution in [-0.2, 0) is 0 Å². The van der Waals surface area contributed by atoms with Crippen molar-refractivity contribution in [2.24, 2.45) is 0 Å². The zero-order chi connectivity index (χ0) is 20.8. The van der Waals surface area contributed by atoms with Crippen LogP contribution >= 0.6 is 11.6 Å². The monoisotopic (exact) mass is 415 g/mol. The van der Waals surface area contributed by atoms with Crippen LogP contribution in [0.4, 0.5) is 4.39 Å². The molecule has 0 unspecified atom stereocenters. The molecule has 3 heterocycles. The Morgan fingerprint density at radius 1 is 0.967 bits per heavy atom. The molecule has 0 aliphatic rings. The summed E-state index contributed by atoms with van der Waals surface area (Å²) in [6, 6.07) is 15.1. The van der Waals surface area contributed by atoms with Gasteiger partial charge in [0.25, 0.3) is 0 Å². The molecule has 6 heteroatoms. The number of rotatable bonds is 2. The molecule has 3 aromatic heterocycles. The van der Waals surface area contributed by atoms with Crippen molar-refractivity contribution in [3.8, 4) is 22.4 Å². The molecule has 0 aliphatic carbocycles. The summed E-state index contributed by atoms with van der Waals surface area (Å²) in [5.41, 5.74) is 4.99. The van der Waals surface area contributed by atoms with Gasteiger partial charge in [-0.1, -0.05) is 11.6 Å². The maximum Gasteiger partial charge on any atom is 0.191 e. The number of pyridine rings is 3. The van der Waals surface area contributed by atoms with Gasteiger partial charge in [0, 0.05) is 35.0 Å². The molecule has 2 aromatic carbocycles. The predicted molar refractivity (Wildman–Crippen MR) is 118 cm³/mol. The van der Waals surface area contributed by atoms with Crippen molar-refractivity contribution in [2.75, 3.05) is 0 Å². The van der Waals surface area contributed by atoms with E-state index in [1.54, 1.807) is 24.5 Å². The Hall–Kier alpha value is -3.57. The van der Waals surface area contributed by atoms with E-state index in [0.717, 1.165) is 33.2 Å². The average Bonchev–Trinajstić information content (AvgIpc) is 2.74. The Morgan fingerprint density at radius 3 is 2.57 bits per heavy atom. The van der Waals surface area contributed by atoms with Crippen LogP contribution in [0.25, 0.3) is 44.3 Å². The highest BCUT2D eigenvalue weighted by molar-refractivity contribution is 6.35. The molecule has 0 bridgehead atoms. The molecule has 0 aliphatic heterocycles. The van der Waals surface area contributed by atoms with Gasteiger partial charge >= 0.3 is 0 Å². The first kappa shape index (κ1) is 18.5. The maximum absolute atomic E-state index is 13.5. The summed E-state index contributed by atoms with van der Waals surface area (Å²) in [5.74, 6) is -0.329. The van der Waals surface area contributed by atoms with E-state index >= 15 is 0 Å². The number of aromatic nitrogens is 3. The highest BCUT2D eigenvalue weighted by atomic mass is 35.5. The highest BCUT2D eigenvalue weighted by Gasteiger charge is 2.16. The number of nitrogens with zero attached hydrogens (tertiary/aromatic N) is 2. The van der Waals surface area contributed by atoms with Crippen molar-refractivity contribution in [1.82, 2.24) is 15.0 Å². The van der Waals surface area contributed by atoms with Crippen LogP contribution < -0.4 is 5.43 Å². The molecule has 0 saturated heterocycles. The zero-order valence-electron chi connectivity index (χ0n) is 15.9. The third-order valence-corrected chi connectivity index (χ3v) is 5.48. The van der Waals surface area contributed by atoms with E-state index in [1.165, 1.54) is 18.2 Å². The van der Waals surface area contributed by atoms with Crippen LogP contribution in [0.2, 0.25) is 5.02 Å². The minimum absolute atomic E-state index is 0.132. The van der Waals surface area contributed by atoms with Gasteiger partial charge in [-0.25, -0.2) is 9.37 Å². The van der Waals surface area contributed by atoms with Crippen LogP contribution in [0.15, 0.2) is 71.8 Å². The number of aryl methyl sites for hydroxylation is 1. The minimum Gasteiger partial charge on any atom is -0.346 e. The number of H-pyrrole nitrogens is 1. The Kier molecular flexibility index (Phi) is 4.33. The summed E-state index contributed by atoms with van der Waals surface area (Å²) in [6.07, 6.45) is 3.29. The lowest BCUT2D eigenvalue weighted by atomic mass is 9.96. The quantitative estimate of drug-likeness (QED) is 0.390. The first-order valence-electron chi connectivity index (χ1n) is 9.35. The van der Waals surface area contributed by atoms with Crippen LogP contribution in [0.3, 0.4) is 0 Å². The molecular weight excluding hydrogens is 401 g/mol. The second-order valence-corrected chi connectivity index (χ2v) is 7.52. The van der Waals surface area contributed by atoms with Gasteiger partial charge in [0.1, 0.15) is 11.5 Å². The van der Waals surface area contributed by atoms with Gasteiger partial charge in [-0.3, -0.25) is 9.78 Å². The number of nitrogens with one attached hydrogen (secondary N) is 1. The number of fused-ring (bicyclic) bond motifs is 2. The lowest BCUT2D eigenvalue weighted by molar-refractivity contribution is 0.628. The Bertz CT molecular complexity index is 1490. The van der Waals surface area contributed by atoms with Crippen molar-refractivity contribution in [3.63, 3.8) is 0 Å². The number of benzene rings is 2. The molecule has 0 amide bonds. The first-order valence-corrected chi connectivity index (χ1v) is 9.73. The third-order valence-electron chi connectivity index (χ3n) is 5.19. The lowest BCUT2D eigenvalue weighted by Gasteiger charge is -2.13. The van der Waals surface area contributed by atoms with Gasteiger partial charge in [0.15, 0.2) is 5.43 Å². The summed E-state index contributed by atoms with van der Waals surface area (Å²) >= 11 is 6.55. The fourth-order valence-corrected chi connectivity index (χ4v) is 3.91. The fourth-order valence-electron chi connectivity index (χ4n) is 3.64. The number of hydrogen-bond donors (Lipinski definition) is 1. The maximum atomic E-state index is 13.5. The standard InChI is InChI=1S/C24H15ClFN3O/c1-13-6-8-27-23-17(13)10-15(11-20(23)25)18-12-19-21(30)7-9-28-24(19)29-22(18)14-2-4-16(26)5-3-14/h2-12H,1H3,(H,28,29,30). The van der Waals surface area contributed by atoms with Crippen molar-refractivity contribution in [2.45, 2.75) is 6.92 Å². The Balaban J connectivity index is 1.87. The number of aromatic amines is 1. The molecule has 0 fully saturated rings. The molecule has 5 aromatic rings. The van der Waals surface area contributed by atoms with Crippen LogP contribution in [0, 0.1) is 12.7 Å². The largest absolute Gasteiger partial charge is 0.346 e. The molecule has 0 spiro atoms. The molecule has 0 saturated carbocycles. The van der Waals surface area contributed by atoms with E-state index in [9.17, 15) is 9.18 Å². The molecule has 30 heavy (non-hydrogen) atoms. The topological polar surface area (TPSA) is 58.6 Å². The molecule has 146 valence electrons. The summed E-state index contributed by atoms with van der Waals surface area (Å²) in [5, 5.41) is 1.91. The van der Waals surface area contributed by atoms with E-state index in [-0.39, 0.29) is 11.2 Å². The molecular formula is C24H15ClFN3O. The first-order chi connectivity index (χ1) is 14.5. The lowest BCUT2D eigenvalue weighted by Crippen LogP contribution is -2.03. The smallest absolute Gasteiger partial charge is 0.191 e. The number of hydrogen-bond acceptors (Lipinski definition) is 3. The summed E-state index contributed by atoms with van der Waals surface area (Å²) in [4.78, 5) is 24.6. The fraction of sp³-hybridized carbons (Fsp3) is 0.0417. The third kappa shape index (κ3) is 3.04. The van der Waals surface area contributed by atoms with E-state index in [0.29, 0.717) is 21.7 Å². The number of halogens is 2. The normalized spacial score (nSPS) is 11.3. The van der Waals surface area contributed by atoms with Gasteiger partial charge in [0.05, 0.1) is 21.6 Å². The van der Waals surface area contributed by atoms with Gasteiger partial charge < -0.3 is 4.98 Å². The van der Waals surface area contributed by atoms with Gasteiger partial charge in [-0.2, -0.15) is 0 Å². The predicted octanol–water partition coefficient (Wildman–Crippen LogP) is 5.91. The highest BCUT2D eigenvalue weighted by Crippen LogP contribution is 2.36. The SMILES string of the molecule is Cc1ccnc2c(Cl)cc(-c3cc4c(=O)cc[nH]c4nc3-c3ccc(F)cc3)cc12. The van der Waals surface area contributed by atoms with Gasteiger partial charge in [0.2, 0.25) is 0 Å². The van der Waals surface area contributed by atoms with E-state index in [1.807, 2.05) is 31.2 Å².